The third-order valence-electron chi connectivity index (χ3n) is 4.20. The summed E-state index contributed by atoms with van der Waals surface area (Å²) in [6.07, 6.45) is 2.75. The number of carbonyl (C=O) groups excluding carboxylic acids is 1. The summed E-state index contributed by atoms with van der Waals surface area (Å²) in [5, 5.41) is 11.4. The molecule has 1 amide bonds. The molecule has 7 heteroatoms. The Labute approximate surface area is 137 Å². The maximum atomic E-state index is 12.9. The molecule has 2 N–H and O–H groups in total. The smallest absolute Gasteiger partial charge is 0.251 e. The first-order valence-electron chi connectivity index (χ1n) is 7.89. The summed E-state index contributed by atoms with van der Waals surface area (Å²) < 4.78 is 27.2. The Bertz CT molecular complexity index is 673. The number of aliphatic hydroxyl groups excluding tert-OH is 1. The lowest BCUT2D eigenvalue weighted by molar-refractivity contribution is 0.0944. The fourth-order valence-corrected chi connectivity index (χ4v) is 4.56. The molecule has 0 aromatic heterocycles. The Morgan fingerprint density at radius 3 is 2.78 bits per heavy atom. The molecule has 23 heavy (non-hydrogen) atoms. The van der Waals surface area contributed by atoms with Crippen molar-refractivity contribution in [3.63, 3.8) is 0 Å². The van der Waals surface area contributed by atoms with Crippen LogP contribution in [0.4, 0.5) is 0 Å². The Morgan fingerprint density at radius 2 is 2.13 bits per heavy atom. The number of aliphatic hydroxyl groups is 1. The van der Waals surface area contributed by atoms with Gasteiger partial charge in [0.1, 0.15) is 0 Å². The minimum atomic E-state index is -3.60. The second-order valence-electron chi connectivity index (χ2n) is 5.92. The zero-order valence-corrected chi connectivity index (χ0v) is 14.4. The summed E-state index contributed by atoms with van der Waals surface area (Å²) >= 11 is 0. The van der Waals surface area contributed by atoms with Gasteiger partial charge < -0.3 is 10.4 Å². The molecule has 1 heterocycles. The van der Waals surface area contributed by atoms with Gasteiger partial charge in [-0.05, 0) is 44.4 Å². The van der Waals surface area contributed by atoms with Crippen molar-refractivity contribution in [1.29, 1.82) is 0 Å². The lowest BCUT2D eigenvalue weighted by Crippen LogP contribution is -2.42. The number of nitrogens with zero attached hydrogens (tertiary/aromatic N) is 1. The van der Waals surface area contributed by atoms with Crippen LogP contribution in [0.25, 0.3) is 0 Å². The van der Waals surface area contributed by atoms with Gasteiger partial charge in [-0.25, -0.2) is 8.42 Å². The van der Waals surface area contributed by atoms with E-state index in [9.17, 15) is 13.2 Å². The average Bonchev–Trinajstić information content (AvgIpc) is 2.53. The van der Waals surface area contributed by atoms with Crippen molar-refractivity contribution in [2.45, 2.75) is 44.0 Å². The maximum Gasteiger partial charge on any atom is 0.251 e. The highest BCUT2D eigenvalue weighted by atomic mass is 32.2. The van der Waals surface area contributed by atoms with Gasteiger partial charge in [-0.1, -0.05) is 12.5 Å². The minimum absolute atomic E-state index is 0.0262. The Kier molecular flexibility index (Phi) is 5.78. The molecule has 6 nitrogen and oxygen atoms in total. The number of sulfonamides is 1. The van der Waals surface area contributed by atoms with Crippen LogP contribution in [-0.2, 0) is 10.0 Å². The first-order chi connectivity index (χ1) is 10.9. The molecule has 0 aliphatic carbocycles. The van der Waals surface area contributed by atoms with E-state index in [0.29, 0.717) is 17.7 Å². The van der Waals surface area contributed by atoms with Gasteiger partial charge in [-0.2, -0.15) is 4.31 Å². The molecule has 0 bridgehead atoms. The molecule has 128 valence electrons. The molecule has 1 atom stereocenters. The van der Waals surface area contributed by atoms with Crippen LogP contribution in [0, 0.1) is 6.92 Å². The molecule has 1 aliphatic rings. The summed E-state index contributed by atoms with van der Waals surface area (Å²) in [5.74, 6) is -0.375. The second-order valence-corrected chi connectivity index (χ2v) is 7.81. The molecule has 1 saturated heterocycles. The number of amides is 1. The maximum absolute atomic E-state index is 12.9. The van der Waals surface area contributed by atoms with E-state index in [1.165, 1.54) is 10.4 Å². The number of piperidine rings is 1. The molecule has 2 rings (SSSR count). The highest BCUT2D eigenvalue weighted by Crippen LogP contribution is 2.26. The summed E-state index contributed by atoms with van der Waals surface area (Å²) in [7, 11) is -3.60. The van der Waals surface area contributed by atoms with E-state index in [-0.39, 0.29) is 30.0 Å². The number of aryl methyl sites for hydroxylation is 1. The fraction of sp³-hybridized carbons (Fsp3) is 0.562. The third-order valence-corrected chi connectivity index (χ3v) is 6.21. The zero-order chi connectivity index (χ0) is 17.0. The predicted molar refractivity (Wildman–Crippen MR) is 87.8 cm³/mol. The average molecular weight is 340 g/mol. The highest BCUT2D eigenvalue weighted by Gasteiger charge is 2.31. The van der Waals surface area contributed by atoms with Crippen molar-refractivity contribution in [3.8, 4) is 0 Å². The van der Waals surface area contributed by atoms with Crippen LogP contribution in [0.1, 0.15) is 42.1 Å². The summed E-state index contributed by atoms with van der Waals surface area (Å²) in [5.41, 5.74) is 1.02. The Balaban J connectivity index is 2.34. The van der Waals surface area contributed by atoms with Gasteiger partial charge in [-0.15, -0.1) is 0 Å². The van der Waals surface area contributed by atoms with Crippen LogP contribution in [0.2, 0.25) is 0 Å². The van der Waals surface area contributed by atoms with Gasteiger partial charge >= 0.3 is 0 Å². The van der Waals surface area contributed by atoms with Crippen LogP contribution in [-0.4, -0.2) is 49.5 Å². The molecular formula is C16H24N2O4S. The van der Waals surface area contributed by atoms with Crippen LogP contribution in [0.5, 0.6) is 0 Å². The first-order valence-corrected chi connectivity index (χ1v) is 9.33. The number of carbonyl (C=O) groups is 1. The standard InChI is InChI=1S/C16H24N2O4S/c1-12-6-7-14(11-15(12)16(20)17-8-10-19)23(21,22)18-9-4-3-5-13(18)2/h6-7,11,13,19H,3-5,8-10H2,1-2H3,(H,17,20). The van der Waals surface area contributed by atoms with Gasteiger partial charge in [0.2, 0.25) is 10.0 Å². The number of nitrogens with one attached hydrogen (secondary N) is 1. The lowest BCUT2D eigenvalue weighted by atomic mass is 10.1. The first kappa shape index (κ1) is 17.9. The molecule has 0 spiro atoms. The highest BCUT2D eigenvalue weighted by molar-refractivity contribution is 7.89. The van der Waals surface area contributed by atoms with E-state index in [1.54, 1.807) is 19.1 Å². The molecule has 0 radical (unpaired) electrons. The Hall–Kier alpha value is -1.44. The molecule has 1 fully saturated rings. The van der Waals surface area contributed by atoms with Crippen LogP contribution in [0.15, 0.2) is 23.1 Å². The predicted octanol–water partition coefficient (Wildman–Crippen LogP) is 1.28. The monoisotopic (exact) mass is 340 g/mol. The van der Waals surface area contributed by atoms with Crippen molar-refractivity contribution < 1.29 is 18.3 Å². The van der Waals surface area contributed by atoms with Gasteiger partial charge in [0, 0.05) is 24.7 Å². The van der Waals surface area contributed by atoms with Crippen molar-refractivity contribution in [1.82, 2.24) is 9.62 Å². The van der Waals surface area contributed by atoms with E-state index in [0.717, 1.165) is 19.3 Å². The molecule has 1 aromatic carbocycles. The van der Waals surface area contributed by atoms with E-state index < -0.39 is 10.0 Å². The molecule has 1 aromatic rings. The number of hydrogen-bond acceptors (Lipinski definition) is 4. The second kappa shape index (κ2) is 7.42. The van der Waals surface area contributed by atoms with Crippen molar-refractivity contribution in [3.05, 3.63) is 29.3 Å². The summed E-state index contributed by atoms with van der Waals surface area (Å²) in [6.45, 7) is 4.17. The van der Waals surface area contributed by atoms with Crippen molar-refractivity contribution in [2.75, 3.05) is 19.7 Å². The number of benzene rings is 1. The van der Waals surface area contributed by atoms with Crippen LogP contribution in [0.3, 0.4) is 0 Å². The van der Waals surface area contributed by atoms with Gasteiger partial charge in [0.15, 0.2) is 0 Å². The van der Waals surface area contributed by atoms with Crippen LogP contribution < -0.4 is 5.32 Å². The number of rotatable bonds is 5. The molecule has 1 unspecified atom stereocenters. The topological polar surface area (TPSA) is 86.7 Å². The van der Waals surface area contributed by atoms with E-state index in [2.05, 4.69) is 5.32 Å². The molecular weight excluding hydrogens is 316 g/mol. The van der Waals surface area contributed by atoms with Gasteiger partial charge in [-0.3, -0.25) is 4.79 Å². The fourth-order valence-electron chi connectivity index (χ4n) is 2.84. The van der Waals surface area contributed by atoms with E-state index >= 15 is 0 Å². The largest absolute Gasteiger partial charge is 0.395 e. The molecule has 0 saturated carbocycles. The van der Waals surface area contributed by atoms with Crippen molar-refractivity contribution >= 4 is 15.9 Å². The Morgan fingerprint density at radius 1 is 1.39 bits per heavy atom. The van der Waals surface area contributed by atoms with E-state index in [4.69, 9.17) is 5.11 Å². The minimum Gasteiger partial charge on any atom is -0.395 e. The number of hydrogen-bond donors (Lipinski definition) is 2. The SMILES string of the molecule is Cc1ccc(S(=O)(=O)N2CCCCC2C)cc1C(=O)NCCO. The lowest BCUT2D eigenvalue weighted by Gasteiger charge is -2.32. The zero-order valence-electron chi connectivity index (χ0n) is 13.6. The van der Waals surface area contributed by atoms with Gasteiger partial charge in [0.25, 0.3) is 5.91 Å². The van der Waals surface area contributed by atoms with E-state index in [1.807, 2.05) is 6.92 Å². The molecule has 1 aliphatic heterocycles. The third kappa shape index (κ3) is 3.91. The quantitative estimate of drug-likeness (QED) is 0.845. The van der Waals surface area contributed by atoms with Gasteiger partial charge in [0.05, 0.1) is 11.5 Å². The summed E-state index contributed by atoms with van der Waals surface area (Å²) in [6, 6.07) is 4.60. The normalized spacial score (nSPS) is 19.5. The van der Waals surface area contributed by atoms with Crippen molar-refractivity contribution in [2.24, 2.45) is 0 Å². The van der Waals surface area contributed by atoms with Crippen LogP contribution >= 0.6 is 0 Å². The summed E-state index contributed by atoms with van der Waals surface area (Å²) in [4.78, 5) is 12.3.